The van der Waals surface area contributed by atoms with Crippen molar-refractivity contribution in [3.8, 4) is 0 Å². The molecule has 0 atom stereocenters. The Labute approximate surface area is 105 Å². The average Bonchev–Trinajstić information content (AvgIpc) is 2.14. The molecule has 0 amide bonds. The van der Waals surface area contributed by atoms with Gasteiger partial charge < -0.3 is 5.73 Å². The first kappa shape index (κ1) is 12.9. The van der Waals surface area contributed by atoms with E-state index in [-0.39, 0.29) is 0 Å². The minimum atomic E-state index is 0.791. The lowest BCUT2D eigenvalue weighted by molar-refractivity contribution is 0.632. The molecule has 0 unspecified atom stereocenters. The summed E-state index contributed by atoms with van der Waals surface area (Å²) in [6.07, 6.45) is 1.28. The summed E-state index contributed by atoms with van der Waals surface area (Å²) in [6.45, 7) is 4.52. The Kier molecular flexibility index (Phi) is 5.54. The number of nitrogens with two attached hydrogens (primary N) is 1. The Hall–Kier alpha value is -0.150. The van der Waals surface area contributed by atoms with Gasteiger partial charge in [-0.15, -0.1) is 0 Å². The molecule has 2 N–H and O–H groups in total. The topological polar surface area (TPSA) is 26.0 Å². The molecule has 1 aromatic carbocycles. The highest BCUT2D eigenvalue weighted by Crippen LogP contribution is 2.23. The second kappa shape index (κ2) is 6.44. The first-order valence-electron chi connectivity index (χ1n) is 5.21. The summed E-state index contributed by atoms with van der Waals surface area (Å²) in [6, 6.07) is 6.12. The molecule has 1 rings (SSSR count). The number of thioether (sulfide) groups is 1. The van der Waals surface area contributed by atoms with Crippen LogP contribution in [0.3, 0.4) is 0 Å². The number of hydrogen-bond acceptors (Lipinski definition) is 2. The van der Waals surface area contributed by atoms with E-state index in [2.05, 4.69) is 41.9 Å². The molecule has 0 aliphatic carbocycles. The van der Waals surface area contributed by atoms with E-state index in [9.17, 15) is 0 Å². The van der Waals surface area contributed by atoms with Gasteiger partial charge in [-0.05, 0) is 35.8 Å². The number of benzene rings is 1. The third kappa shape index (κ3) is 4.94. The third-order valence-corrected chi connectivity index (χ3v) is 3.74. The predicted molar refractivity (Wildman–Crippen MR) is 74.2 cm³/mol. The van der Waals surface area contributed by atoms with Gasteiger partial charge in [-0.1, -0.05) is 35.8 Å². The van der Waals surface area contributed by atoms with Crippen LogP contribution in [0.15, 0.2) is 22.7 Å². The van der Waals surface area contributed by atoms with Gasteiger partial charge in [-0.25, -0.2) is 0 Å². The molecule has 0 radical (unpaired) electrons. The fourth-order valence-electron chi connectivity index (χ4n) is 1.20. The van der Waals surface area contributed by atoms with Crippen molar-refractivity contribution in [3.05, 3.63) is 28.2 Å². The lowest BCUT2D eigenvalue weighted by Gasteiger charge is -2.07. The van der Waals surface area contributed by atoms with Crippen molar-refractivity contribution in [1.82, 2.24) is 0 Å². The van der Waals surface area contributed by atoms with Gasteiger partial charge in [0.1, 0.15) is 0 Å². The molecule has 0 aliphatic heterocycles. The largest absolute Gasteiger partial charge is 0.398 e. The fraction of sp³-hybridized carbons (Fsp3) is 0.500. The quantitative estimate of drug-likeness (QED) is 0.645. The van der Waals surface area contributed by atoms with Crippen LogP contribution in [0.1, 0.15) is 25.8 Å². The second-order valence-corrected chi connectivity index (χ2v) is 6.10. The Bertz CT molecular complexity index is 312. The zero-order chi connectivity index (χ0) is 11.3. The Morgan fingerprint density at radius 3 is 2.73 bits per heavy atom. The highest BCUT2D eigenvalue weighted by atomic mass is 79.9. The summed E-state index contributed by atoms with van der Waals surface area (Å²) in [5, 5.41) is 0. The molecule has 0 heterocycles. The zero-order valence-corrected chi connectivity index (χ0v) is 11.7. The molecule has 0 bridgehead atoms. The Balaban J connectivity index is 2.37. The highest BCUT2D eigenvalue weighted by molar-refractivity contribution is 9.10. The third-order valence-electron chi connectivity index (χ3n) is 2.21. The fourth-order valence-corrected chi connectivity index (χ4v) is 2.84. The second-order valence-electron chi connectivity index (χ2n) is 4.08. The lowest BCUT2D eigenvalue weighted by atomic mass is 10.2. The van der Waals surface area contributed by atoms with Gasteiger partial charge in [-0.2, -0.15) is 11.8 Å². The Morgan fingerprint density at radius 2 is 2.13 bits per heavy atom. The van der Waals surface area contributed by atoms with Crippen LogP contribution >= 0.6 is 27.7 Å². The van der Waals surface area contributed by atoms with Crippen LogP contribution in [0, 0.1) is 5.92 Å². The number of anilines is 1. The number of hydrogen-bond donors (Lipinski definition) is 1. The molecule has 84 valence electrons. The first-order valence-corrected chi connectivity index (χ1v) is 7.16. The lowest BCUT2D eigenvalue weighted by Crippen LogP contribution is -1.94. The molecule has 1 nitrogen and oxygen atoms in total. The molecule has 0 aromatic heterocycles. The van der Waals surface area contributed by atoms with E-state index < -0.39 is 0 Å². The minimum Gasteiger partial charge on any atom is -0.398 e. The summed E-state index contributed by atoms with van der Waals surface area (Å²) in [5.74, 6) is 3.03. The maximum atomic E-state index is 5.92. The molecule has 3 heteroatoms. The van der Waals surface area contributed by atoms with Gasteiger partial charge in [0, 0.05) is 15.9 Å². The number of nitrogen functional groups attached to an aromatic ring is 1. The van der Waals surface area contributed by atoms with Crippen LogP contribution in [0.2, 0.25) is 0 Å². The summed E-state index contributed by atoms with van der Waals surface area (Å²) < 4.78 is 1.05. The van der Waals surface area contributed by atoms with Gasteiger partial charge in [0.25, 0.3) is 0 Å². The van der Waals surface area contributed by atoms with E-state index in [0.29, 0.717) is 0 Å². The van der Waals surface area contributed by atoms with Crippen LogP contribution < -0.4 is 5.73 Å². The monoisotopic (exact) mass is 287 g/mol. The average molecular weight is 288 g/mol. The summed E-state index contributed by atoms with van der Waals surface area (Å²) in [7, 11) is 0. The van der Waals surface area contributed by atoms with E-state index in [4.69, 9.17) is 5.73 Å². The molecule has 0 saturated carbocycles. The van der Waals surface area contributed by atoms with Crippen molar-refractivity contribution in [1.29, 1.82) is 0 Å². The van der Waals surface area contributed by atoms with Gasteiger partial charge in [0.15, 0.2) is 0 Å². The van der Waals surface area contributed by atoms with E-state index >= 15 is 0 Å². The van der Waals surface area contributed by atoms with Crippen LogP contribution in [0.5, 0.6) is 0 Å². The van der Waals surface area contributed by atoms with Crippen LogP contribution in [-0.4, -0.2) is 5.75 Å². The zero-order valence-electron chi connectivity index (χ0n) is 9.29. The van der Waals surface area contributed by atoms with Crippen molar-refractivity contribution in [2.45, 2.75) is 26.0 Å². The maximum Gasteiger partial charge on any atom is 0.0366 e. The molecular formula is C12H18BrNS. The van der Waals surface area contributed by atoms with Crippen molar-refractivity contribution in [3.63, 3.8) is 0 Å². The van der Waals surface area contributed by atoms with Crippen LogP contribution in [-0.2, 0) is 5.75 Å². The molecule has 0 spiro atoms. The van der Waals surface area contributed by atoms with E-state index in [1.807, 2.05) is 17.8 Å². The molecular weight excluding hydrogens is 270 g/mol. The van der Waals surface area contributed by atoms with Gasteiger partial charge in [-0.3, -0.25) is 0 Å². The van der Waals surface area contributed by atoms with Gasteiger partial charge in [0.2, 0.25) is 0 Å². The van der Waals surface area contributed by atoms with Crippen molar-refractivity contribution in [2.24, 2.45) is 5.92 Å². The van der Waals surface area contributed by atoms with E-state index in [0.717, 1.165) is 21.8 Å². The molecule has 0 aliphatic rings. The smallest absolute Gasteiger partial charge is 0.0366 e. The summed E-state index contributed by atoms with van der Waals surface area (Å²) >= 11 is 5.37. The van der Waals surface area contributed by atoms with E-state index in [1.165, 1.54) is 17.7 Å². The van der Waals surface area contributed by atoms with E-state index in [1.54, 1.807) is 0 Å². The van der Waals surface area contributed by atoms with Crippen molar-refractivity contribution < 1.29 is 0 Å². The standard InChI is InChI=1S/C12H18BrNS/c1-9(2)5-6-15-8-10-3-4-11(13)7-12(10)14/h3-4,7,9H,5-6,8,14H2,1-2H3. The molecule has 0 saturated heterocycles. The predicted octanol–water partition coefficient (Wildman–Crippen LogP) is 4.31. The minimum absolute atomic E-state index is 0.791. The van der Waals surface area contributed by atoms with Crippen molar-refractivity contribution in [2.75, 3.05) is 11.5 Å². The van der Waals surface area contributed by atoms with Gasteiger partial charge in [0.05, 0.1) is 0 Å². The number of rotatable bonds is 5. The Morgan fingerprint density at radius 1 is 1.40 bits per heavy atom. The molecule has 0 fully saturated rings. The van der Waals surface area contributed by atoms with Crippen molar-refractivity contribution >= 4 is 33.4 Å². The molecule has 1 aromatic rings. The first-order chi connectivity index (χ1) is 7.09. The van der Waals surface area contributed by atoms with Gasteiger partial charge >= 0.3 is 0 Å². The van der Waals surface area contributed by atoms with Crippen LogP contribution in [0.25, 0.3) is 0 Å². The summed E-state index contributed by atoms with van der Waals surface area (Å²) in [5.41, 5.74) is 8.05. The highest BCUT2D eigenvalue weighted by Gasteiger charge is 2.00. The van der Waals surface area contributed by atoms with Crippen LogP contribution in [0.4, 0.5) is 5.69 Å². The SMILES string of the molecule is CC(C)CCSCc1ccc(Br)cc1N. The number of halogens is 1. The molecule has 15 heavy (non-hydrogen) atoms. The maximum absolute atomic E-state index is 5.92. The summed E-state index contributed by atoms with van der Waals surface area (Å²) in [4.78, 5) is 0. The normalized spacial score (nSPS) is 10.9.